The predicted octanol–water partition coefficient (Wildman–Crippen LogP) is 1.29. The second kappa shape index (κ2) is 8.09. The SMILES string of the molecule is COC(=O)c1c(OCc2ccccc2)c(=O)c(Br)cn1CC(O)O. The first-order valence-electron chi connectivity index (χ1n) is 6.98. The lowest BCUT2D eigenvalue weighted by Gasteiger charge is -2.17. The third-order valence-corrected chi connectivity index (χ3v) is 3.72. The van der Waals surface area contributed by atoms with E-state index in [1.807, 2.05) is 30.3 Å². The number of nitrogens with zero attached hydrogens (tertiary/aromatic N) is 1. The van der Waals surface area contributed by atoms with E-state index >= 15 is 0 Å². The van der Waals surface area contributed by atoms with E-state index in [0.717, 1.165) is 12.7 Å². The third-order valence-electron chi connectivity index (χ3n) is 3.16. The highest BCUT2D eigenvalue weighted by atomic mass is 79.9. The van der Waals surface area contributed by atoms with Gasteiger partial charge in [0.1, 0.15) is 6.61 Å². The van der Waals surface area contributed by atoms with Crippen molar-refractivity contribution in [1.29, 1.82) is 0 Å². The Kier molecular flexibility index (Phi) is 6.13. The Hall–Kier alpha value is -2.16. The monoisotopic (exact) mass is 397 g/mol. The van der Waals surface area contributed by atoms with Gasteiger partial charge in [0.15, 0.2) is 17.7 Å². The Labute approximate surface area is 146 Å². The average Bonchev–Trinajstić information content (AvgIpc) is 2.56. The molecular weight excluding hydrogens is 382 g/mol. The van der Waals surface area contributed by atoms with E-state index in [1.165, 1.54) is 10.8 Å². The summed E-state index contributed by atoms with van der Waals surface area (Å²) in [5.74, 6) is -1.04. The van der Waals surface area contributed by atoms with E-state index in [4.69, 9.17) is 4.74 Å². The Morgan fingerprint density at radius 3 is 2.54 bits per heavy atom. The van der Waals surface area contributed by atoms with Gasteiger partial charge in [0.25, 0.3) is 0 Å². The van der Waals surface area contributed by atoms with Gasteiger partial charge in [-0.1, -0.05) is 30.3 Å². The van der Waals surface area contributed by atoms with Crippen molar-refractivity contribution in [2.24, 2.45) is 0 Å². The number of rotatable bonds is 6. The molecule has 0 aliphatic rings. The quantitative estimate of drug-likeness (QED) is 0.562. The molecule has 1 heterocycles. The molecule has 0 saturated carbocycles. The molecule has 0 aliphatic heterocycles. The van der Waals surface area contributed by atoms with E-state index in [1.54, 1.807) is 0 Å². The smallest absolute Gasteiger partial charge is 0.358 e. The van der Waals surface area contributed by atoms with Gasteiger partial charge in [0.05, 0.1) is 18.1 Å². The number of hydrogen-bond donors (Lipinski definition) is 2. The van der Waals surface area contributed by atoms with Gasteiger partial charge in [-0.3, -0.25) is 4.79 Å². The first kappa shape index (κ1) is 18.2. The van der Waals surface area contributed by atoms with Gasteiger partial charge in [-0.25, -0.2) is 4.79 Å². The van der Waals surface area contributed by atoms with Gasteiger partial charge in [-0.2, -0.15) is 0 Å². The molecule has 0 unspecified atom stereocenters. The summed E-state index contributed by atoms with van der Waals surface area (Å²) in [5, 5.41) is 18.4. The van der Waals surface area contributed by atoms with Crippen LogP contribution in [0.3, 0.4) is 0 Å². The lowest BCUT2D eigenvalue weighted by Crippen LogP contribution is -2.26. The van der Waals surface area contributed by atoms with Crippen LogP contribution in [0.25, 0.3) is 0 Å². The largest absolute Gasteiger partial charge is 0.482 e. The summed E-state index contributed by atoms with van der Waals surface area (Å²) < 4.78 is 11.6. The highest BCUT2D eigenvalue weighted by molar-refractivity contribution is 9.10. The minimum absolute atomic E-state index is 0.0677. The van der Waals surface area contributed by atoms with Crippen LogP contribution in [0.1, 0.15) is 16.1 Å². The molecule has 2 aromatic rings. The van der Waals surface area contributed by atoms with E-state index < -0.39 is 17.7 Å². The molecule has 0 atom stereocenters. The molecule has 0 bridgehead atoms. The third kappa shape index (κ3) is 4.22. The van der Waals surface area contributed by atoms with Crippen LogP contribution < -0.4 is 10.2 Å². The minimum atomic E-state index is -1.72. The number of methoxy groups -OCH3 is 1. The molecule has 0 spiro atoms. The summed E-state index contributed by atoms with van der Waals surface area (Å²) in [4.78, 5) is 24.4. The number of carbonyl (C=O) groups excluding carboxylic acids is 1. The summed E-state index contributed by atoms with van der Waals surface area (Å²) in [7, 11) is 1.16. The Bertz CT molecular complexity index is 772. The second-order valence-corrected chi connectivity index (χ2v) is 5.74. The van der Waals surface area contributed by atoms with E-state index in [9.17, 15) is 19.8 Å². The first-order valence-corrected chi connectivity index (χ1v) is 7.77. The fraction of sp³-hybridized carbons (Fsp3) is 0.250. The number of pyridine rings is 1. The van der Waals surface area contributed by atoms with E-state index in [-0.39, 0.29) is 29.1 Å². The maximum Gasteiger partial charge on any atom is 0.358 e. The molecule has 24 heavy (non-hydrogen) atoms. The van der Waals surface area contributed by atoms with Gasteiger partial charge >= 0.3 is 5.97 Å². The number of esters is 1. The molecule has 8 heteroatoms. The normalized spacial score (nSPS) is 10.7. The number of halogens is 1. The van der Waals surface area contributed by atoms with Gasteiger partial charge in [0, 0.05) is 6.20 Å². The van der Waals surface area contributed by atoms with Crippen molar-refractivity contribution in [2.45, 2.75) is 19.4 Å². The molecule has 1 aromatic heterocycles. The molecule has 0 fully saturated rings. The van der Waals surface area contributed by atoms with Crippen molar-refractivity contribution in [3.05, 3.63) is 62.5 Å². The van der Waals surface area contributed by atoms with Crippen LogP contribution in [0.5, 0.6) is 5.75 Å². The van der Waals surface area contributed by atoms with Crippen molar-refractivity contribution in [3.63, 3.8) is 0 Å². The van der Waals surface area contributed by atoms with Crippen molar-refractivity contribution < 1.29 is 24.5 Å². The zero-order valence-corrected chi connectivity index (χ0v) is 14.4. The number of ether oxygens (including phenoxy) is 2. The maximum atomic E-state index is 12.4. The van der Waals surface area contributed by atoms with Crippen molar-refractivity contribution >= 4 is 21.9 Å². The average molecular weight is 398 g/mol. The fourth-order valence-electron chi connectivity index (χ4n) is 2.10. The Morgan fingerprint density at radius 1 is 1.29 bits per heavy atom. The summed E-state index contributed by atoms with van der Waals surface area (Å²) in [6.45, 7) is -0.261. The number of hydrogen-bond acceptors (Lipinski definition) is 6. The minimum Gasteiger partial charge on any atom is -0.482 e. The zero-order chi connectivity index (χ0) is 17.7. The van der Waals surface area contributed by atoms with Gasteiger partial charge in [-0.05, 0) is 21.5 Å². The topological polar surface area (TPSA) is 98.0 Å². The van der Waals surface area contributed by atoms with Crippen LogP contribution in [0.15, 0.2) is 45.8 Å². The van der Waals surface area contributed by atoms with Gasteiger partial charge in [0.2, 0.25) is 5.43 Å². The van der Waals surface area contributed by atoms with Crippen molar-refractivity contribution in [3.8, 4) is 5.75 Å². The standard InChI is InChI=1S/C16H16BrNO6/c1-23-16(22)13-15(24-9-10-5-3-2-4-6-10)14(21)11(17)7-18(13)8-12(19)20/h2-7,12,19-20H,8-9H2,1H3. The molecule has 1 aromatic carbocycles. The molecule has 0 amide bonds. The fourth-order valence-corrected chi connectivity index (χ4v) is 2.52. The molecule has 7 nitrogen and oxygen atoms in total. The summed E-state index contributed by atoms with van der Waals surface area (Å²) in [6, 6.07) is 9.11. The molecule has 2 N–H and O–H groups in total. The van der Waals surface area contributed by atoms with Crippen LogP contribution in [0.2, 0.25) is 0 Å². The lowest BCUT2D eigenvalue weighted by molar-refractivity contribution is -0.0519. The predicted molar refractivity (Wildman–Crippen MR) is 88.7 cm³/mol. The van der Waals surface area contributed by atoms with Gasteiger partial charge in [-0.15, -0.1) is 0 Å². The highest BCUT2D eigenvalue weighted by Crippen LogP contribution is 2.21. The van der Waals surface area contributed by atoms with Gasteiger partial charge < -0.3 is 24.3 Å². The number of benzene rings is 1. The van der Waals surface area contributed by atoms with Crippen LogP contribution in [-0.4, -0.2) is 34.1 Å². The molecule has 0 aliphatic carbocycles. The highest BCUT2D eigenvalue weighted by Gasteiger charge is 2.24. The van der Waals surface area contributed by atoms with Crippen LogP contribution >= 0.6 is 15.9 Å². The second-order valence-electron chi connectivity index (χ2n) is 4.88. The molecule has 0 saturated heterocycles. The summed E-state index contributed by atoms with van der Waals surface area (Å²) >= 11 is 3.09. The molecule has 0 radical (unpaired) electrons. The summed E-state index contributed by atoms with van der Waals surface area (Å²) in [5.41, 5.74) is 0.0891. The number of carbonyl (C=O) groups is 1. The lowest BCUT2D eigenvalue weighted by atomic mass is 10.2. The molecule has 2 rings (SSSR count). The number of aliphatic hydroxyl groups is 2. The maximum absolute atomic E-state index is 12.4. The number of aromatic nitrogens is 1. The van der Waals surface area contributed by atoms with E-state index in [2.05, 4.69) is 20.7 Å². The zero-order valence-electron chi connectivity index (χ0n) is 12.8. The Balaban J connectivity index is 2.48. The van der Waals surface area contributed by atoms with Crippen LogP contribution in [0.4, 0.5) is 0 Å². The first-order chi connectivity index (χ1) is 11.4. The Morgan fingerprint density at radius 2 is 1.96 bits per heavy atom. The van der Waals surface area contributed by atoms with E-state index in [0.29, 0.717) is 0 Å². The van der Waals surface area contributed by atoms with Crippen molar-refractivity contribution in [1.82, 2.24) is 4.57 Å². The number of aliphatic hydroxyl groups excluding tert-OH is 1. The molecule has 128 valence electrons. The summed E-state index contributed by atoms with van der Waals surface area (Å²) in [6.07, 6.45) is -0.437. The van der Waals surface area contributed by atoms with Crippen molar-refractivity contribution in [2.75, 3.05) is 7.11 Å². The molecular formula is C16H16BrNO6. The van der Waals surface area contributed by atoms with Crippen LogP contribution in [0, 0.1) is 0 Å². The van der Waals surface area contributed by atoms with Crippen LogP contribution in [-0.2, 0) is 17.9 Å².